The molecule has 0 spiro atoms. The lowest BCUT2D eigenvalue weighted by Gasteiger charge is -2.22. The van der Waals surface area contributed by atoms with Crippen LogP contribution in [-0.4, -0.2) is 12.2 Å². The van der Waals surface area contributed by atoms with Gasteiger partial charge in [-0.15, -0.1) is 0 Å². The molecule has 1 aromatic carbocycles. The van der Waals surface area contributed by atoms with E-state index in [0.29, 0.717) is 5.75 Å². The molecule has 78 valence electrons. The maximum Gasteiger partial charge on any atom is 0.139 e. The molecule has 0 aromatic heterocycles. The molecule has 3 heteroatoms. The topological polar surface area (TPSA) is 29.5 Å². The highest BCUT2D eigenvalue weighted by Gasteiger charge is 2.22. The van der Waals surface area contributed by atoms with Gasteiger partial charge >= 0.3 is 0 Å². The first-order valence-corrected chi connectivity index (χ1v) is 5.22. The molecule has 0 unspecified atom stereocenters. The van der Waals surface area contributed by atoms with Crippen LogP contribution in [0.3, 0.4) is 0 Å². The highest BCUT2D eigenvalue weighted by molar-refractivity contribution is 9.10. The predicted molar refractivity (Wildman–Crippen MR) is 60.7 cm³/mol. The Labute approximate surface area is 93.0 Å². The Morgan fingerprint density at radius 2 is 1.93 bits per heavy atom. The molecule has 0 amide bonds. The van der Waals surface area contributed by atoms with Crippen LogP contribution in [0.5, 0.6) is 5.75 Å². The average Bonchev–Trinajstić information content (AvgIpc) is 2.01. The first-order valence-electron chi connectivity index (χ1n) is 4.43. The predicted octanol–water partition coefficient (Wildman–Crippen LogP) is 2.99. The third-order valence-electron chi connectivity index (χ3n) is 2.05. The van der Waals surface area contributed by atoms with E-state index >= 15 is 0 Å². The van der Waals surface area contributed by atoms with Gasteiger partial charge in [0, 0.05) is 5.56 Å². The van der Waals surface area contributed by atoms with Gasteiger partial charge in [-0.1, -0.05) is 0 Å². The van der Waals surface area contributed by atoms with Gasteiger partial charge in [0.15, 0.2) is 0 Å². The number of methoxy groups -OCH3 is 1. The molecule has 2 nitrogen and oxygen atoms in total. The van der Waals surface area contributed by atoms with Gasteiger partial charge in [0.25, 0.3) is 0 Å². The van der Waals surface area contributed by atoms with E-state index in [1.165, 1.54) is 0 Å². The number of aryl methyl sites for hydroxylation is 1. The molecule has 1 rings (SSSR count). The third-order valence-corrected chi connectivity index (χ3v) is 2.64. The van der Waals surface area contributed by atoms with E-state index in [2.05, 4.69) is 15.9 Å². The van der Waals surface area contributed by atoms with Crippen molar-refractivity contribution >= 4 is 15.9 Å². The molecule has 0 heterocycles. The second-order valence-electron chi connectivity index (χ2n) is 3.89. The van der Waals surface area contributed by atoms with Crippen LogP contribution in [0.25, 0.3) is 0 Å². The first kappa shape index (κ1) is 11.5. The van der Waals surface area contributed by atoms with Crippen LogP contribution < -0.4 is 4.74 Å². The molecule has 0 atom stereocenters. The van der Waals surface area contributed by atoms with Crippen LogP contribution in [0, 0.1) is 6.92 Å². The van der Waals surface area contributed by atoms with Crippen LogP contribution in [0.15, 0.2) is 16.6 Å². The number of halogens is 1. The van der Waals surface area contributed by atoms with Crippen LogP contribution in [0.4, 0.5) is 0 Å². The van der Waals surface area contributed by atoms with Gasteiger partial charge in [-0.2, -0.15) is 0 Å². The number of hydrogen-bond donors (Lipinski definition) is 1. The summed E-state index contributed by atoms with van der Waals surface area (Å²) in [6.07, 6.45) is 0. The lowest BCUT2D eigenvalue weighted by Crippen LogP contribution is -2.17. The van der Waals surface area contributed by atoms with Crippen molar-refractivity contribution in [2.75, 3.05) is 7.11 Å². The average molecular weight is 259 g/mol. The number of aliphatic hydroxyl groups is 1. The summed E-state index contributed by atoms with van der Waals surface area (Å²) < 4.78 is 6.12. The van der Waals surface area contributed by atoms with Crippen LogP contribution in [0.1, 0.15) is 25.0 Å². The van der Waals surface area contributed by atoms with Gasteiger partial charge in [0.1, 0.15) is 5.75 Å². The summed E-state index contributed by atoms with van der Waals surface area (Å²) in [5.74, 6) is 0.697. The van der Waals surface area contributed by atoms with Crippen molar-refractivity contribution in [2.24, 2.45) is 0 Å². The summed E-state index contributed by atoms with van der Waals surface area (Å²) in [4.78, 5) is 0. The SMILES string of the molecule is COc1c(Br)cc(C)cc1C(C)(C)O. The fourth-order valence-corrected chi connectivity index (χ4v) is 2.13. The zero-order valence-corrected chi connectivity index (χ0v) is 10.5. The van der Waals surface area contributed by atoms with E-state index in [0.717, 1.165) is 15.6 Å². The largest absolute Gasteiger partial charge is 0.495 e. The maximum atomic E-state index is 9.95. The molecule has 0 radical (unpaired) electrons. The minimum atomic E-state index is -0.889. The number of hydrogen-bond acceptors (Lipinski definition) is 2. The number of rotatable bonds is 2. The second kappa shape index (κ2) is 3.91. The summed E-state index contributed by atoms with van der Waals surface area (Å²) in [6, 6.07) is 3.90. The molecular formula is C11H15BrO2. The zero-order chi connectivity index (χ0) is 10.9. The van der Waals surface area contributed by atoms with Crippen molar-refractivity contribution < 1.29 is 9.84 Å². The van der Waals surface area contributed by atoms with Gasteiger partial charge in [-0.3, -0.25) is 0 Å². The summed E-state index contributed by atoms with van der Waals surface area (Å²) >= 11 is 3.41. The van der Waals surface area contributed by atoms with Crippen molar-refractivity contribution in [1.29, 1.82) is 0 Å². The van der Waals surface area contributed by atoms with E-state index in [1.54, 1.807) is 21.0 Å². The van der Waals surface area contributed by atoms with E-state index in [-0.39, 0.29) is 0 Å². The summed E-state index contributed by atoms with van der Waals surface area (Å²) in [5, 5.41) is 9.95. The summed E-state index contributed by atoms with van der Waals surface area (Å²) in [5.41, 5.74) is 1.00. The van der Waals surface area contributed by atoms with Gasteiger partial charge in [0.05, 0.1) is 17.2 Å². The highest BCUT2D eigenvalue weighted by atomic mass is 79.9. The van der Waals surface area contributed by atoms with Crippen molar-refractivity contribution in [2.45, 2.75) is 26.4 Å². The number of ether oxygens (including phenoxy) is 1. The third kappa shape index (κ3) is 2.28. The Bertz CT molecular complexity index is 340. The lowest BCUT2D eigenvalue weighted by molar-refractivity contribution is 0.0754. The van der Waals surface area contributed by atoms with Crippen LogP contribution in [-0.2, 0) is 5.60 Å². The van der Waals surface area contributed by atoms with E-state index in [1.807, 2.05) is 19.1 Å². The zero-order valence-electron chi connectivity index (χ0n) is 8.89. The number of benzene rings is 1. The van der Waals surface area contributed by atoms with Crippen molar-refractivity contribution in [3.05, 3.63) is 27.7 Å². The smallest absolute Gasteiger partial charge is 0.139 e. The van der Waals surface area contributed by atoms with Crippen LogP contribution >= 0.6 is 15.9 Å². The minimum absolute atomic E-state index is 0.697. The van der Waals surface area contributed by atoms with Crippen LogP contribution in [0.2, 0.25) is 0 Å². The maximum absolute atomic E-state index is 9.95. The molecule has 0 fully saturated rings. The second-order valence-corrected chi connectivity index (χ2v) is 4.74. The molecule has 0 bridgehead atoms. The lowest BCUT2D eigenvalue weighted by atomic mass is 9.96. The van der Waals surface area contributed by atoms with Crippen molar-refractivity contribution in [3.8, 4) is 5.75 Å². The Morgan fingerprint density at radius 3 is 2.36 bits per heavy atom. The minimum Gasteiger partial charge on any atom is -0.495 e. The Morgan fingerprint density at radius 1 is 1.36 bits per heavy atom. The Kier molecular flexibility index (Phi) is 3.22. The Hall–Kier alpha value is -0.540. The quantitative estimate of drug-likeness (QED) is 0.884. The fourth-order valence-electron chi connectivity index (χ4n) is 1.39. The fraction of sp³-hybridized carbons (Fsp3) is 0.455. The van der Waals surface area contributed by atoms with Gasteiger partial charge in [-0.05, 0) is 54.4 Å². The standard InChI is InChI=1S/C11H15BrO2/c1-7-5-8(11(2,3)13)10(14-4)9(12)6-7/h5-6,13H,1-4H3. The van der Waals surface area contributed by atoms with Crippen molar-refractivity contribution in [3.63, 3.8) is 0 Å². The van der Waals surface area contributed by atoms with Gasteiger partial charge < -0.3 is 9.84 Å². The molecule has 0 saturated heterocycles. The Balaban J connectivity index is 3.40. The molecule has 14 heavy (non-hydrogen) atoms. The molecule has 1 N–H and O–H groups in total. The van der Waals surface area contributed by atoms with E-state index in [4.69, 9.17) is 4.74 Å². The molecule has 0 aliphatic heterocycles. The summed E-state index contributed by atoms with van der Waals surface area (Å²) in [7, 11) is 1.60. The van der Waals surface area contributed by atoms with E-state index < -0.39 is 5.60 Å². The summed E-state index contributed by atoms with van der Waals surface area (Å²) in [6.45, 7) is 5.48. The van der Waals surface area contributed by atoms with Gasteiger partial charge in [0.2, 0.25) is 0 Å². The normalized spacial score (nSPS) is 11.6. The monoisotopic (exact) mass is 258 g/mol. The van der Waals surface area contributed by atoms with Crippen molar-refractivity contribution in [1.82, 2.24) is 0 Å². The molecule has 1 aromatic rings. The molecular weight excluding hydrogens is 244 g/mol. The molecule has 0 aliphatic carbocycles. The first-order chi connectivity index (χ1) is 6.36. The highest BCUT2D eigenvalue weighted by Crippen LogP contribution is 2.36. The van der Waals surface area contributed by atoms with Gasteiger partial charge in [-0.25, -0.2) is 0 Å². The van der Waals surface area contributed by atoms with E-state index in [9.17, 15) is 5.11 Å². The molecule has 0 saturated carbocycles. The molecule has 0 aliphatic rings.